The van der Waals surface area contributed by atoms with Crippen molar-refractivity contribution in [1.82, 2.24) is 5.32 Å². The van der Waals surface area contributed by atoms with Gasteiger partial charge in [-0.1, -0.05) is 6.07 Å². The van der Waals surface area contributed by atoms with Crippen LogP contribution in [0.4, 0.5) is 10.1 Å². The zero-order chi connectivity index (χ0) is 15.6. The summed E-state index contributed by atoms with van der Waals surface area (Å²) in [6.45, 7) is 8.58. The minimum absolute atomic E-state index is 0.326. The first kappa shape index (κ1) is 16.1. The molecule has 0 saturated carbocycles. The van der Waals surface area contributed by atoms with Gasteiger partial charge in [0.25, 0.3) is 0 Å². The van der Waals surface area contributed by atoms with Gasteiger partial charge in [0, 0.05) is 11.2 Å². The second kappa shape index (κ2) is 5.61. The fourth-order valence-electron chi connectivity index (χ4n) is 1.45. The molecule has 0 saturated heterocycles. The lowest BCUT2D eigenvalue weighted by Crippen LogP contribution is -2.51. The monoisotopic (exact) mass is 280 g/mol. The molecule has 0 heterocycles. The lowest BCUT2D eigenvalue weighted by atomic mass is 9.89. The van der Waals surface area contributed by atoms with Gasteiger partial charge in [0.05, 0.1) is 0 Å². The van der Waals surface area contributed by atoms with E-state index in [0.29, 0.717) is 5.69 Å². The molecule has 2 amide bonds. The third-order valence-electron chi connectivity index (χ3n) is 2.71. The second-order valence-electron chi connectivity index (χ2n) is 6.29. The molecule has 1 rings (SSSR count). The van der Waals surface area contributed by atoms with Crippen LogP contribution in [0, 0.1) is 11.2 Å². The molecular formula is C15H21FN2O2. The van der Waals surface area contributed by atoms with Crippen molar-refractivity contribution >= 4 is 17.5 Å². The van der Waals surface area contributed by atoms with Crippen LogP contribution in [0.5, 0.6) is 0 Å². The van der Waals surface area contributed by atoms with E-state index in [4.69, 9.17) is 0 Å². The Morgan fingerprint density at radius 1 is 1.05 bits per heavy atom. The van der Waals surface area contributed by atoms with Crippen LogP contribution in [0.15, 0.2) is 24.3 Å². The van der Waals surface area contributed by atoms with E-state index in [2.05, 4.69) is 10.6 Å². The summed E-state index contributed by atoms with van der Waals surface area (Å²) in [4.78, 5) is 24.3. The quantitative estimate of drug-likeness (QED) is 0.836. The Bertz CT molecular complexity index is 519. The van der Waals surface area contributed by atoms with Crippen molar-refractivity contribution < 1.29 is 14.0 Å². The van der Waals surface area contributed by atoms with Crippen LogP contribution >= 0.6 is 0 Å². The molecule has 20 heavy (non-hydrogen) atoms. The SMILES string of the molecule is CC(C)(C)NC(=O)C(C)(C)C(=O)Nc1cccc(F)c1. The molecule has 0 spiro atoms. The van der Waals surface area contributed by atoms with Gasteiger partial charge in [0.2, 0.25) is 11.8 Å². The number of carbonyl (C=O) groups excluding carboxylic acids is 2. The summed E-state index contributed by atoms with van der Waals surface area (Å²) in [5.74, 6) is -1.30. The Morgan fingerprint density at radius 3 is 2.15 bits per heavy atom. The third-order valence-corrected chi connectivity index (χ3v) is 2.71. The molecule has 4 nitrogen and oxygen atoms in total. The molecular weight excluding hydrogens is 259 g/mol. The fourth-order valence-corrected chi connectivity index (χ4v) is 1.45. The zero-order valence-electron chi connectivity index (χ0n) is 12.5. The molecule has 0 atom stereocenters. The van der Waals surface area contributed by atoms with Gasteiger partial charge in [-0.15, -0.1) is 0 Å². The highest BCUT2D eigenvalue weighted by Gasteiger charge is 2.37. The van der Waals surface area contributed by atoms with E-state index in [1.165, 1.54) is 32.0 Å². The Hall–Kier alpha value is -1.91. The lowest BCUT2D eigenvalue weighted by Gasteiger charge is -2.28. The van der Waals surface area contributed by atoms with Crippen LogP contribution in [-0.4, -0.2) is 17.4 Å². The minimum Gasteiger partial charge on any atom is -0.351 e. The minimum atomic E-state index is -1.25. The molecule has 2 N–H and O–H groups in total. The van der Waals surface area contributed by atoms with Crippen LogP contribution in [0.1, 0.15) is 34.6 Å². The number of carbonyl (C=O) groups is 2. The number of benzene rings is 1. The van der Waals surface area contributed by atoms with Gasteiger partial charge < -0.3 is 10.6 Å². The van der Waals surface area contributed by atoms with Gasteiger partial charge in [-0.25, -0.2) is 4.39 Å². The lowest BCUT2D eigenvalue weighted by molar-refractivity contribution is -0.139. The normalized spacial score (nSPS) is 11.9. The maximum absolute atomic E-state index is 13.1. The number of hydrogen-bond acceptors (Lipinski definition) is 2. The predicted octanol–water partition coefficient (Wildman–Crippen LogP) is 2.71. The summed E-state index contributed by atoms with van der Waals surface area (Å²) in [5.41, 5.74) is -1.35. The molecule has 0 aliphatic carbocycles. The van der Waals surface area contributed by atoms with Crippen LogP contribution in [0.2, 0.25) is 0 Å². The molecule has 110 valence electrons. The van der Waals surface area contributed by atoms with E-state index in [1.54, 1.807) is 6.07 Å². The molecule has 0 unspecified atom stereocenters. The number of anilines is 1. The van der Waals surface area contributed by atoms with Crippen LogP contribution in [-0.2, 0) is 9.59 Å². The fraction of sp³-hybridized carbons (Fsp3) is 0.467. The first-order valence-electron chi connectivity index (χ1n) is 6.42. The molecule has 0 aliphatic rings. The van der Waals surface area contributed by atoms with Crippen LogP contribution in [0.3, 0.4) is 0 Å². The summed E-state index contributed by atoms with van der Waals surface area (Å²) in [6, 6.07) is 5.55. The van der Waals surface area contributed by atoms with E-state index in [1.807, 2.05) is 20.8 Å². The van der Waals surface area contributed by atoms with E-state index in [0.717, 1.165) is 0 Å². The van der Waals surface area contributed by atoms with Crippen molar-refractivity contribution in [1.29, 1.82) is 0 Å². The highest BCUT2D eigenvalue weighted by molar-refractivity contribution is 6.10. The average molecular weight is 280 g/mol. The summed E-state index contributed by atoms with van der Waals surface area (Å²) in [7, 11) is 0. The highest BCUT2D eigenvalue weighted by atomic mass is 19.1. The first-order chi connectivity index (χ1) is 9.02. The number of hydrogen-bond donors (Lipinski definition) is 2. The van der Waals surface area contributed by atoms with E-state index >= 15 is 0 Å². The Balaban J connectivity index is 2.82. The molecule has 1 aromatic carbocycles. The van der Waals surface area contributed by atoms with Gasteiger partial charge in [-0.05, 0) is 52.8 Å². The van der Waals surface area contributed by atoms with Gasteiger partial charge in [-0.3, -0.25) is 9.59 Å². The smallest absolute Gasteiger partial charge is 0.239 e. The number of halogens is 1. The van der Waals surface area contributed by atoms with Crippen molar-refractivity contribution in [2.45, 2.75) is 40.2 Å². The second-order valence-corrected chi connectivity index (χ2v) is 6.29. The van der Waals surface area contributed by atoms with Crippen molar-refractivity contribution in [3.8, 4) is 0 Å². The number of rotatable bonds is 3. The Morgan fingerprint density at radius 2 is 1.65 bits per heavy atom. The molecule has 0 aliphatic heterocycles. The van der Waals surface area contributed by atoms with E-state index < -0.39 is 22.7 Å². The van der Waals surface area contributed by atoms with Gasteiger partial charge in [0.1, 0.15) is 11.2 Å². The van der Waals surface area contributed by atoms with Crippen molar-refractivity contribution in [2.24, 2.45) is 5.41 Å². The highest BCUT2D eigenvalue weighted by Crippen LogP contribution is 2.20. The van der Waals surface area contributed by atoms with Crippen molar-refractivity contribution in [3.05, 3.63) is 30.1 Å². The van der Waals surface area contributed by atoms with Gasteiger partial charge >= 0.3 is 0 Å². The van der Waals surface area contributed by atoms with Crippen molar-refractivity contribution in [2.75, 3.05) is 5.32 Å². The summed E-state index contributed by atoms with van der Waals surface area (Å²) in [6.07, 6.45) is 0. The molecule has 0 aromatic heterocycles. The Kier molecular flexibility index (Phi) is 4.53. The van der Waals surface area contributed by atoms with Gasteiger partial charge in [0.15, 0.2) is 0 Å². The molecule has 0 radical (unpaired) electrons. The van der Waals surface area contributed by atoms with Crippen LogP contribution in [0.25, 0.3) is 0 Å². The van der Waals surface area contributed by atoms with E-state index in [9.17, 15) is 14.0 Å². The van der Waals surface area contributed by atoms with Crippen molar-refractivity contribution in [3.63, 3.8) is 0 Å². The number of amides is 2. The standard InChI is InChI=1S/C15H21FN2O2/c1-14(2,3)18-13(20)15(4,5)12(19)17-11-8-6-7-10(16)9-11/h6-9H,1-5H3,(H,17,19)(H,18,20). The maximum atomic E-state index is 13.1. The van der Waals surface area contributed by atoms with Crippen LogP contribution < -0.4 is 10.6 Å². The maximum Gasteiger partial charge on any atom is 0.239 e. The third kappa shape index (κ3) is 4.33. The topological polar surface area (TPSA) is 58.2 Å². The van der Waals surface area contributed by atoms with E-state index in [-0.39, 0.29) is 5.91 Å². The summed E-state index contributed by atoms with van der Waals surface area (Å²) >= 11 is 0. The summed E-state index contributed by atoms with van der Waals surface area (Å²) in [5, 5.41) is 5.31. The predicted molar refractivity (Wildman–Crippen MR) is 76.7 cm³/mol. The first-order valence-corrected chi connectivity index (χ1v) is 6.42. The molecule has 0 fully saturated rings. The summed E-state index contributed by atoms with van der Waals surface area (Å²) < 4.78 is 13.1. The Labute approximate surface area is 118 Å². The molecule has 1 aromatic rings. The zero-order valence-corrected chi connectivity index (χ0v) is 12.5. The molecule has 0 bridgehead atoms. The average Bonchev–Trinajstić information content (AvgIpc) is 2.26. The van der Waals surface area contributed by atoms with Gasteiger partial charge in [-0.2, -0.15) is 0 Å². The number of nitrogens with one attached hydrogen (secondary N) is 2. The molecule has 5 heteroatoms. The largest absolute Gasteiger partial charge is 0.351 e.